The molecule has 0 saturated heterocycles. The van der Waals surface area contributed by atoms with Gasteiger partial charge in [0.2, 0.25) is 0 Å². The third-order valence-electron chi connectivity index (χ3n) is 3.74. The Morgan fingerprint density at radius 3 is 2.50 bits per heavy atom. The quantitative estimate of drug-likeness (QED) is 0.537. The predicted octanol–water partition coefficient (Wildman–Crippen LogP) is 1.67. The predicted molar refractivity (Wildman–Crippen MR) is 78.8 cm³/mol. The summed E-state index contributed by atoms with van der Waals surface area (Å²) < 4.78 is 0. The van der Waals surface area contributed by atoms with Crippen LogP contribution in [0.5, 0.6) is 0 Å². The van der Waals surface area contributed by atoms with E-state index in [1.807, 2.05) is 0 Å². The lowest BCUT2D eigenvalue weighted by Crippen LogP contribution is -2.39. The Morgan fingerprint density at radius 1 is 1.39 bits per heavy atom. The number of nitrogens with zero attached hydrogens (tertiary/aromatic N) is 2. The maximum absolute atomic E-state index is 5.90. The first-order valence-electron chi connectivity index (χ1n) is 7.19. The molecule has 3 N–H and O–H groups in total. The van der Waals surface area contributed by atoms with E-state index in [1.54, 1.807) is 0 Å². The zero-order chi connectivity index (χ0) is 13.5. The molecule has 0 bridgehead atoms. The van der Waals surface area contributed by atoms with Crippen LogP contribution in [-0.4, -0.2) is 44.1 Å². The lowest BCUT2D eigenvalue weighted by atomic mass is 9.85. The lowest BCUT2D eigenvalue weighted by Gasteiger charge is -2.26. The molecule has 1 rings (SSSR count). The summed E-state index contributed by atoms with van der Waals surface area (Å²) in [5.74, 6) is 2.12. The molecule has 1 aliphatic rings. The van der Waals surface area contributed by atoms with E-state index in [9.17, 15) is 0 Å². The van der Waals surface area contributed by atoms with Gasteiger partial charge in [0.15, 0.2) is 5.96 Å². The summed E-state index contributed by atoms with van der Waals surface area (Å²) in [5.41, 5.74) is 5.90. The maximum atomic E-state index is 5.90. The molecular weight excluding hydrogens is 224 g/mol. The zero-order valence-corrected chi connectivity index (χ0v) is 12.4. The van der Waals surface area contributed by atoms with E-state index in [2.05, 4.69) is 43.2 Å². The monoisotopic (exact) mass is 254 g/mol. The van der Waals surface area contributed by atoms with Crippen molar-refractivity contribution in [2.75, 3.05) is 27.2 Å². The Morgan fingerprint density at radius 2 is 2.06 bits per heavy atom. The second-order valence-corrected chi connectivity index (χ2v) is 6.15. The topological polar surface area (TPSA) is 53.6 Å². The molecule has 1 atom stereocenters. The summed E-state index contributed by atoms with van der Waals surface area (Å²) in [5, 5.41) is 3.24. The molecule has 0 aromatic carbocycles. The molecule has 1 saturated carbocycles. The molecule has 18 heavy (non-hydrogen) atoms. The number of aliphatic imine (C=N–C) groups is 1. The highest BCUT2D eigenvalue weighted by molar-refractivity contribution is 5.77. The molecular formula is C14H30N4. The average Bonchev–Trinajstić information content (AvgIpc) is 2.21. The fraction of sp³-hybridized carbons (Fsp3) is 0.929. The number of nitrogens with two attached hydrogens (primary N) is 1. The van der Waals surface area contributed by atoms with E-state index >= 15 is 0 Å². The van der Waals surface area contributed by atoms with Crippen molar-refractivity contribution in [3.05, 3.63) is 0 Å². The molecule has 0 aliphatic heterocycles. The van der Waals surface area contributed by atoms with Crippen LogP contribution >= 0.6 is 0 Å². The van der Waals surface area contributed by atoms with Crippen molar-refractivity contribution in [3.63, 3.8) is 0 Å². The van der Waals surface area contributed by atoms with Gasteiger partial charge in [-0.05, 0) is 45.2 Å². The van der Waals surface area contributed by atoms with E-state index in [0.29, 0.717) is 17.9 Å². The second-order valence-electron chi connectivity index (χ2n) is 6.15. The first-order chi connectivity index (χ1) is 8.49. The molecule has 0 spiro atoms. The van der Waals surface area contributed by atoms with E-state index < -0.39 is 0 Å². The van der Waals surface area contributed by atoms with Crippen LogP contribution in [0.4, 0.5) is 0 Å². The Balaban J connectivity index is 2.28. The van der Waals surface area contributed by atoms with Gasteiger partial charge in [-0.25, -0.2) is 0 Å². The normalized spacial score (nSPS) is 19.1. The molecule has 1 aliphatic carbocycles. The summed E-state index contributed by atoms with van der Waals surface area (Å²) in [6.07, 6.45) is 5.22. The molecule has 106 valence electrons. The maximum Gasteiger partial charge on any atom is 0.188 e. The smallest absolute Gasteiger partial charge is 0.188 e. The van der Waals surface area contributed by atoms with E-state index in [1.165, 1.54) is 19.3 Å². The van der Waals surface area contributed by atoms with Crippen LogP contribution in [0.15, 0.2) is 4.99 Å². The molecule has 0 radical (unpaired) electrons. The zero-order valence-electron chi connectivity index (χ0n) is 12.4. The largest absolute Gasteiger partial charge is 0.370 e. The standard InChI is InChI=1S/C14H30N4/c1-11(2)8-13(18(3)4)10-17-14(15)16-9-12-6-5-7-12/h11-13H,5-10H2,1-4H3,(H3,15,16,17). The van der Waals surface area contributed by atoms with Crippen molar-refractivity contribution in [1.82, 2.24) is 10.2 Å². The average molecular weight is 254 g/mol. The number of likely N-dealkylation sites (N-methyl/N-ethyl adjacent to an activating group) is 1. The fourth-order valence-electron chi connectivity index (χ4n) is 2.20. The van der Waals surface area contributed by atoms with Crippen molar-refractivity contribution in [2.24, 2.45) is 22.6 Å². The summed E-state index contributed by atoms with van der Waals surface area (Å²) in [4.78, 5) is 6.71. The minimum absolute atomic E-state index is 0.481. The molecule has 4 heteroatoms. The molecule has 0 aromatic rings. The van der Waals surface area contributed by atoms with Crippen molar-refractivity contribution in [2.45, 2.75) is 45.6 Å². The molecule has 1 fully saturated rings. The number of nitrogens with one attached hydrogen (secondary N) is 1. The minimum Gasteiger partial charge on any atom is -0.370 e. The number of hydrogen-bond acceptors (Lipinski definition) is 2. The van der Waals surface area contributed by atoms with Crippen molar-refractivity contribution in [3.8, 4) is 0 Å². The number of rotatable bonds is 7. The van der Waals surface area contributed by atoms with Crippen LogP contribution in [0.3, 0.4) is 0 Å². The van der Waals surface area contributed by atoms with Crippen LogP contribution in [0.1, 0.15) is 39.5 Å². The third-order valence-corrected chi connectivity index (χ3v) is 3.74. The van der Waals surface area contributed by atoms with Gasteiger partial charge in [-0.2, -0.15) is 0 Å². The van der Waals surface area contributed by atoms with Crippen LogP contribution < -0.4 is 11.1 Å². The highest BCUT2D eigenvalue weighted by atomic mass is 15.1. The van der Waals surface area contributed by atoms with Crippen molar-refractivity contribution in [1.29, 1.82) is 0 Å². The van der Waals surface area contributed by atoms with E-state index in [0.717, 1.165) is 25.4 Å². The Kier molecular flexibility index (Phi) is 6.47. The van der Waals surface area contributed by atoms with Gasteiger partial charge in [-0.15, -0.1) is 0 Å². The van der Waals surface area contributed by atoms with Gasteiger partial charge < -0.3 is 16.0 Å². The summed E-state index contributed by atoms with van der Waals surface area (Å²) in [7, 11) is 4.22. The van der Waals surface area contributed by atoms with Gasteiger partial charge >= 0.3 is 0 Å². The highest BCUT2D eigenvalue weighted by Crippen LogP contribution is 2.24. The summed E-state index contributed by atoms with van der Waals surface area (Å²) in [6.45, 7) is 6.28. The van der Waals surface area contributed by atoms with Gasteiger partial charge in [0, 0.05) is 12.6 Å². The molecule has 1 unspecified atom stereocenters. The van der Waals surface area contributed by atoms with Crippen LogP contribution in [0, 0.1) is 11.8 Å². The van der Waals surface area contributed by atoms with Gasteiger partial charge in [0.25, 0.3) is 0 Å². The molecule has 4 nitrogen and oxygen atoms in total. The first kappa shape index (κ1) is 15.3. The Bertz CT molecular complexity index is 257. The summed E-state index contributed by atoms with van der Waals surface area (Å²) in [6, 6.07) is 0.481. The minimum atomic E-state index is 0.481. The van der Waals surface area contributed by atoms with Crippen molar-refractivity contribution >= 4 is 5.96 Å². The van der Waals surface area contributed by atoms with E-state index in [-0.39, 0.29) is 0 Å². The van der Waals surface area contributed by atoms with Crippen molar-refractivity contribution < 1.29 is 0 Å². The van der Waals surface area contributed by atoms with Crippen LogP contribution in [-0.2, 0) is 0 Å². The molecule has 0 heterocycles. The van der Waals surface area contributed by atoms with Gasteiger partial charge in [0.05, 0.1) is 6.54 Å². The van der Waals surface area contributed by atoms with Gasteiger partial charge in [-0.1, -0.05) is 20.3 Å². The van der Waals surface area contributed by atoms with E-state index in [4.69, 9.17) is 5.73 Å². The van der Waals surface area contributed by atoms with Gasteiger partial charge in [-0.3, -0.25) is 4.99 Å². The van der Waals surface area contributed by atoms with Crippen LogP contribution in [0.25, 0.3) is 0 Å². The fourth-order valence-corrected chi connectivity index (χ4v) is 2.20. The van der Waals surface area contributed by atoms with Crippen LogP contribution in [0.2, 0.25) is 0 Å². The molecule has 0 aromatic heterocycles. The SMILES string of the molecule is CC(C)CC(CN=C(N)NCC1CCC1)N(C)C. The number of hydrogen-bond donors (Lipinski definition) is 2. The highest BCUT2D eigenvalue weighted by Gasteiger charge is 2.17. The second kappa shape index (κ2) is 7.62. The van der Waals surface area contributed by atoms with Gasteiger partial charge in [0.1, 0.15) is 0 Å². The summed E-state index contributed by atoms with van der Waals surface area (Å²) >= 11 is 0. The lowest BCUT2D eigenvalue weighted by molar-refractivity contribution is 0.261. The first-order valence-corrected chi connectivity index (χ1v) is 7.19. The molecule has 0 amide bonds. The third kappa shape index (κ3) is 5.71. The Labute approximate surface area is 112 Å². The Hall–Kier alpha value is -0.770. The number of guanidine groups is 1.